The molecule has 0 aromatic carbocycles. The second-order valence-corrected chi connectivity index (χ2v) is 9.23. The molecule has 0 unspecified atom stereocenters. The maximum atomic E-state index is 4.79. The highest BCUT2D eigenvalue weighted by atomic mass is 32.1. The number of thiophene rings is 2. The Hall–Kier alpha value is -2.51. The van der Waals surface area contributed by atoms with Crippen LogP contribution < -0.4 is 5.32 Å². The summed E-state index contributed by atoms with van der Waals surface area (Å²) in [6, 6.07) is 8.23. The lowest BCUT2D eigenvalue weighted by Crippen LogP contribution is -2.27. The van der Waals surface area contributed by atoms with Crippen molar-refractivity contribution < 1.29 is 0 Å². The van der Waals surface area contributed by atoms with E-state index in [1.165, 1.54) is 4.88 Å². The lowest BCUT2D eigenvalue weighted by molar-refractivity contribution is 0.626. The Morgan fingerprint density at radius 2 is 1.81 bits per heavy atom. The quantitative estimate of drug-likeness (QED) is 0.488. The van der Waals surface area contributed by atoms with E-state index in [0.717, 1.165) is 27.8 Å². The van der Waals surface area contributed by atoms with Crippen molar-refractivity contribution in [3.8, 4) is 10.6 Å². The number of nitrogens with zero attached hydrogens (tertiary/aromatic N) is 4. The summed E-state index contributed by atoms with van der Waals surface area (Å²) in [5.74, 6) is 1.48. The molecule has 0 amide bonds. The lowest BCUT2D eigenvalue weighted by atomic mass is 10.1. The molecule has 4 rings (SSSR count). The number of aryl methyl sites for hydroxylation is 1. The molecule has 0 aliphatic carbocycles. The minimum absolute atomic E-state index is 0.116. The molecule has 0 saturated heterocycles. The van der Waals surface area contributed by atoms with Gasteiger partial charge in [-0.2, -0.15) is 9.61 Å². The minimum atomic E-state index is -0.116. The maximum absolute atomic E-state index is 4.79. The molecule has 0 spiro atoms. The van der Waals surface area contributed by atoms with Gasteiger partial charge in [-0.15, -0.1) is 22.7 Å². The van der Waals surface area contributed by atoms with Crippen LogP contribution in [0.25, 0.3) is 28.5 Å². The Morgan fingerprint density at radius 3 is 2.48 bits per heavy atom. The molecule has 0 aliphatic rings. The van der Waals surface area contributed by atoms with E-state index in [1.807, 2.05) is 29.6 Å². The Morgan fingerprint density at radius 1 is 1.04 bits per heavy atom. The monoisotopic (exact) mass is 395 g/mol. The van der Waals surface area contributed by atoms with Gasteiger partial charge in [-0.05, 0) is 62.7 Å². The van der Waals surface area contributed by atoms with E-state index in [0.29, 0.717) is 5.78 Å². The molecular formula is C20H21N5S2. The predicted molar refractivity (Wildman–Crippen MR) is 115 cm³/mol. The van der Waals surface area contributed by atoms with Gasteiger partial charge < -0.3 is 5.32 Å². The van der Waals surface area contributed by atoms with E-state index in [2.05, 4.69) is 55.1 Å². The number of fused-ring (bicyclic) bond motifs is 1. The zero-order valence-corrected chi connectivity index (χ0v) is 17.4. The molecule has 0 saturated carbocycles. The topological polar surface area (TPSA) is 55.1 Å². The fourth-order valence-electron chi connectivity index (χ4n) is 2.72. The third kappa shape index (κ3) is 3.79. The Bertz CT molecular complexity index is 1080. The average Bonchev–Trinajstić information content (AvgIpc) is 3.33. The van der Waals surface area contributed by atoms with E-state index in [9.17, 15) is 0 Å². The van der Waals surface area contributed by atoms with E-state index in [4.69, 9.17) is 15.1 Å². The number of imidazole rings is 1. The summed E-state index contributed by atoms with van der Waals surface area (Å²) < 4.78 is 1.82. The van der Waals surface area contributed by atoms with E-state index in [1.54, 1.807) is 22.7 Å². The van der Waals surface area contributed by atoms with Crippen molar-refractivity contribution in [3.63, 3.8) is 0 Å². The van der Waals surface area contributed by atoms with E-state index < -0.39 is 0 Å². The Labute approximate surface area is 166 Å². The molecule has 1 N–H and O–H groups in total. The van der Waals surface area contributed by atoms with Gasteiger partial charge in [-0.25, -0.2) is 9.97 Å². The fourth-order valence-corrected chi connectivity index (χ4v) is 4.05. The number of hydrogen-bond acceptors (Lipinski definition) is 6. The first-order chi connectivity index (χ1) is 12.9. The molecule has 5 nitrogen and oxygen atoms in total. The maximum Gasteiger partial charge on any atom is 0.253 e. The number of anilines is 1. The van der Waals surface area contributed by atoms with Crippen LogP contribution in [-0.4, -0.2) is 25.1 Å². The number of rotatable bonds is 4. The zero-order chi connectivity index (χ0) is 19.0. The van der Waals surface area contributed by atoms with Crippen molar-refractivity contribution in [2.45, 2.75) is 33.2 Å². The third-order valence-electron chi connectivity index (χ3n) is 3.88. The zero-order valence-electron chi connectivity index (χ0n) is 15.7. The van der Waals surface area contributed by atoms with E-state index in [-0.39, 0.29) is 5.54 Å². The fraction of sp³-hybridized carbons (Fsp3) is 0.250. The molecule has 27 heavy (non-hydrogen) atoms. The average molecular weight is 396 g/mol. The highest BCUT2D eigenvalue weighted by Gasteiger charge is 2.22. The summed E-state index contributed by atoms with van der Waals surface area (Å²) in [4.78, 5) is 11.8. The van der Waals surface area contributed by atoms with Gasteiger partial charge >= 0.3 is 0 Å². The van der Waals surface area contributed by atoms with Crippen LogP contribution in [0.15, 0.2) is 35.0 Å². The minimum Gasteiger partial charge on any atom is -0.363 e. The van der Waals surface area contributed by atoms with Gasteiger partial charge in [0.15, 0.2) is 5.82 Å². The molecule has 0 fully saturated rings. The standard InChI is InChI=1S/C20H21N5S2/c1-13-15(10-9-14-7-5-11-26-14)21-19-22-17(16-8-6-12-27-16)18(25(19)24-13)23-20(2,3)4/h5-12,23H,1-4H3. The predicted octanol–water partition coefficient (Wildman–Crippen LogP) is 5.60. The molecule has 138 valence electrons. The van der Waals surface area contributed by atoms with Crippen LogP contribution in [-0.2, 0) is 0 Å². The summed E-state index contributed by atoms with van der Waals surface area (Å²) in [5, 5.41) is 12.4. The van der Waals surface area contributed by atoms with Crippen molar-refractivity contribution in [2.75, 3.05) is 5.32 Å². The van der Waals surface area contributed by atoms with Crippen LogP contribution in [0.4, 0.5) is 5.82 Å². The van der Waals surface area contributed by atoms with E-state index >= 15 is 0 Å². The summed E-state index contributed by atoms with van der Waals surface area (Å²) in [6.45, 7) is 8.36. The highest BCUT2D eigenvalue weighted by molar-refractivity contribution is 7.13. The van der Waals surface area contributed by atoms with Crippen molar-refractivity contribution in [1.29, 1.82) is 0 Å². The Balaban J connectivity index is 1.84. The number of aromatic nitrogens is 4. The molecule has 4 aromatic heterocycles. The third-order valence-corrected chi connectivity index (χ3v) is 5.59. The van der Waals surface area contributed by atoms with Gasteiger partial charge in [0.1, 0.15) is 5.69 Å². The molecule has 4 aromatic rings. The number of nitrogens with one attached hydrogen (secondary N) is 1. The molecule has 4 heterocycles. The molecule has 7 heteroatoms. The summed E-state index contributed by atoms with van der Waals surface area (Å²) in [7, 11) is 0. The summed E-state index contributed by atoms with van der Waals surface area (Å²) in [6.07, 6.45) is 4.07. The van der Waals surface area contributed by atoms with Gasteiger partial charge in [0.2, 0.25) is 0 Å². The molecular weight excluding hydrogens is 374 g/mol. The first kappa shape index (κ1) is 17.9. The summed E-state index contributed by atoms with van der Waals surface area (Å²) >= 11 is 3.36. The SMILES string of the molecule is Cc1nn2c(NC(C)(C)C)c(-c3cccs3)nc2nc1C=Cc1cccs1. The highest BCUT2D eigenvalue weighted by Crippen LogP contribution is 2.33. The van der Waals surface area contributed by atoms with Crippen molar-refractivity contribution in [2.24, 2.45) is 0 Å². The first-order valence-electron chi connectivity index (χ1n) is 8.72. The van der Waals surface area contributed by atoms with Gasteiger partial charge in [0, 0.05) is 10.4 Å². The second-order valence-electron chi connectivity index (χ2n) is 7.30. The Kier molecular flexibility index (Phi) is 4.57. The van der Waals surface area contributed by atoms with Crippen LogP contribution in [0.2, 0.25) is 0 Å². The lowest BCUT2D eigenvalue weighted by Gasteiger charge is -2.22. The molecule has 0 bridgehead atoms. The number of hydrogen-bond donors (Lipinski definition) is 1. The van der Waals surface area contributed by atoms with Gasteiger partial charge in [-0.1, -0.05) is 12.1 Å². The van der Waals surface area contributed by atoms with Crippen LogP contribution in [0.3, 0.4) is 0 Å². The summed E-state index contributed by atoms with van der Waals surface area (Å²) in [5.41, 5.74) is 2.47. The molecule has 0 atom stereocenters. The van der Waals surface area contributed by atoms with Crippen molar-refractivity contribution >= 4 is 46.4 Å². The van der Waals surface area contributed by atoms with Crippen LogP contribution in [0, 0.1) is 6.92 Å². The van der Waals surface area contributed by atoms with Gasteiger partial charge in [0.25, 0.3) is 5.78 Å². The van der Waals surface area contributed by atoms with Crippen LogP contribution >= 0.6 is 22.7 Å². The largest absolute Gasteiger partial charge is 0.363 e. The van der Waals surface area contributed by atoms with Crippen LogP contribution in [0.1, 0.15) is 37.0 Å². The second kappa shape index (κ2) is 6.90. The molecule has 0 radical (unpaired) electrons. The van der Waals surface area contributed by atoms with Gasteiger partial charge in [0.05, 0.1) is 16.3 Å². The first-order valence-corrected chi connectivity index (χ1v) is 10.5. The van der Waals surface area contributed by atoms with Crippen molar-refractivity contribution in [1.82, 2.24) is 19.6 Å². The normalized spacial score (nSPS) is 12.3. The smallest absolute Gasteiger partial charge is 0.253 e. The molecule has 0 aliphatic heterocycles. The van der Waals surface area contributed by atoms with Gasteiger partial charge in [-0.3, -0.25) is 0 Å². The van der Waals surface area contributed by atoms with Crippen LogP contribution in [0.5, 0.6) is 0 Å². The van der Waals surface area contributed by atoms with Crippen molar-refractivity contribution in [3.05, 3.63) is 51.3 Å².